The highest BCUT2D eigenvalue weighted by molar-refractivity contribution is 5.76. The first-order valence-electron chi connectivity index (χ1n) is 9.07. The van der Waals surface area contributed by atoms with Crippen molar-refractivity contribution < 1.29 is 23.7 Å². The van der Waals surface area contributed by atoms with Gasteiger partial charge in [-0.15, -0.1) is 0 Å². The third kappa shape index (κ3) is 5.62. The van der Waals surface area contributed by atoms with Gasteiger partial charge in [0.05, 0.1) is 14.2 Å². The molecule has 0 aliphatic carbocycles. The summed E-state index contributed by atoms with van der Waals surface area (Å²) in [7, 11) is 3.07. The predicted octanol–water partition coefficient (Wildman–Crippen LogP) is 4.86. The maximum atomic E-state index is 12.2. The molecule has 3 rings (SSSR count). The number of hydrogen-bond donors (Lipinski definition) is 0. The average molecular weight is 390 g/mol. The van der Waals surface area contributed by atoms with E-state index in [9.17, 15) is 4.79 Å². The zero-order chi connectivity index (χ0) is 20.5. The summed E-state index contributed by atoms with van der Waals surface area (Å²) in [6.07, 6.45) is 3.97. The Kier molecular flexibility index (Phi) is 6.90. The van der Waals surface area contributed by atoms with Crippen LogP contribution in [0, 0.1) is 0 Å². The van der Waals surface area contributed by atoms with Crippen molar-refractivity contribution in [3.05, 3.63) is 83.9 Å². The second kappa shape index (κ2) is 9.99. The molecule has 29 heavy (non-hydrogen) atoms. The minimum absolute atomic E-state index is 0.251. The van der Waals surface area contributed by atoms with Gasteiger partial charge in [-0.05, 0) is 35.4 Å². The van der Waals surface area contributed by atoms with Crippen LogP contribution in [-0.2, 0) is 4.79 Å². The van der Waals surface area contributed by atoms with E-state index in [1.165, 1.54) is 7.11 Å². The number of benzene rings is 3. The Balaban J connectivity index is 1.64. The van der Waals surface area contributed by atoms with Gasteiger partial charge in [0.2, 0.25) is 0 Å². The number of methoxy groups -OCH3 is 2. The van der Waals surface area contributed by atoms with Crippen molar-refractivity contribution in [3.63, 3.8) is 0 Å². The molecule has 0 amide bonds. The van der Waals surface area contributed by atoms with Crippen LogP contribution in [-0.4, -0.2) is 26.8 Å². The van der Waals surface area contributed by atoms with Crippen molar-refractivity contribution in [1.82, 2.24) is 0 Å². The molecule has 0 aliphatic rings. The van der Waals surface area contributed by atoms with Gasteiger partial charge in [-0.3, -0.25) is 0 Å². The summed E-state index contributed by atoms with van der Waals surface area (Å²) in [5, 5.41) is 0. The lowest BCUT2D eigenvalue weighted by Gasteiger charge is -2.12. The molecule has 0 aliphatic heterocycles. The van der Waals surface area contributed by atoms with Crippen LogP contribution in [0.5, 0.6) is 23.0 Å². The van der Waals surface area contributed by atoms with E-state index in [1.807, 2.05) is 60.7 Å². The van der Waals surface area contributed by atoms with Crippen molar-refractivity contribution in [2.45, 2.75) is 0 Å². The van der Waals surface area contributed by atoms with E-state index in [0.29, 0.717) is 23.0 Å². The lowest BCUT2D eigenvalue weighted by atomic mass is 10.1. The van der Waals surface area contributed by atoms with Crippen LogP contribution in [0.1, 0.15) is 11.1 Å². The first-order chi connectivity index (χ1) is 14.2. The summed E-state index contributed by atoms with van der Waals surface area (Å²) in [5.41, 5.74) is 2.02. The van der Waals surface area contributed by atoms with Gasteiger partial charge in [0.25, 0.3) is 0 Å². The molecule has 0 saturated carbocycles. The highest BCUT2D eigenvalue weighted by Crippen LogP contribution is 2.29. The van der Waals surface area contributed by atoms with Gasteiger partial charge in [-0.1, -0.05) is 60.7 Å². The largest absolute Gasteiger partial charge is 0.493 e. The monoisotopic (exact) mass is 390 g/mol. The van der Waals surface area contributed by atoms with Crippen LogP contribution in [0.4, 0.5) is 0 Å². The number of carbonyl (C=O) groups is 1. The molecule has 3 aromatic rings. The summed E-state index contributed by atoms with van der Waals surface area (Å²) in [4.78, 5) is 12.2. The number of para-hydroxylation sites is 2. The summed E-state index contributed by atoms with van der Waals surface area (Å²) in [5.74, 6) is 1.28. The molecular weight excluding hydrogens is 368 g/mol. The van der Waals surface area contributed by atoms with E-state index in [1.54, 1.807) is 31.4 Å². The number of esters is 1. The maximum absolute atomic E-state index is 12.2. The summed E-state index contributed by atoms with van der Waals surface area (Å²) in [6, 6.07) is 22.4. The number of carbonyl (C=O) groups excluding carboxylic acids is 1. The fourth-order valence-electron chi connectivity index (χ4n) is 2.66. The SMILES string of the molecule is COc1ccccc1OCC(=O)Oc1ccc(C=Cc2ccccc2)cc1OC. The van der Waals surface area contributed by atoms with Crippen molar-refractivity contribution in [1.29, 1.82) is 0 Å². The molecule has 0 bridgehead atoms. The molecule has 0 unspecified atom stereocenters. The number of ether oxygens (including phenoxy) is 4. The third-order valence-corrected chi connectivity index (χ3v) is 4.09. The van der Waals surface area contributed by atoms with Crippen LogP contribution in [0.2, 0.25) is 0 Å². The Bertz CT molecular complexity index is 980. The molecule has 3 aromatic carbocycles. The predicted molar refractivity (Wildman–Crippen MR) is 112 cm³/mol. The van der Waals surface area contributed by atoms with Crippen LogP contribution in [0.15, 0.2) is 72.8 Å². The summed E-state index contributed by atoms with van der Waals surface area (Å²) < 4.78 is 21.5. The standard InChI is InChI=1S/C24H22O5/c1-26-20-10-6-7-11-21(20)28-17-24(25)29-22-15-14-19(16-23(22)27-2)13-12-18-8-4-3-5-9-18/h3-16H,17H2,1-2H3. The zero-order valence-corrected chi connectivity index (χ0v) is 16.3. The quantitative estimate of drug-likeness (QED) is 0.312. The Morgan fingerprint density at radius 3 is 2.10 bits per heavy atom. The topological polar surface area (TPSA) is 54.0 Å². The molecule has 0 N–H and O–H groups in total. The van der Waals surface area contributed by atoms with Crippen molar-refractivity contribution >= 4 is 18.1 Å². The van der Waals surface area contributed by atoms with E-state index in [-0.39, 0.29) is 6.61 Å². The normalized spacial score (nSPS) is 10.6. The molecule has 148 valence electrons. The van der Waals surface area contributed by atoms with Gasteiger partial charge in [-0.2, -0.15) is 0 Å². The number of rotatable bonds is 8. The van der Waals surface area contributed by atoms with Crippen LogP contribution >= 0.6 is 0 Å². The van der Waals surface area contributed by atoms with Gasteiger partial charge in [-0.25, -0.2) is 4.79 Å². The second-order valence-electron chi connectivity index (χ2n) is 6.07. The fourth-order valence-corrected chi connectivity index (χ4v) is 2.66. The molecular formula is C24H22O5. The number of hydrogen-bond acceptors (Lipinski definition) is 5. The lowest BCUT2D eigenvalue weighted by Crippen LogP contribution is -2.18. The van der Waals surface area contributed by atoms with Gasteiger partial charge >= 0.3 is 5.97 Å². The molecule has 5 nitrogen and oxygen atoms in total. The van der Waals surface area contributed by atoms with Gasteiger partial charge in [0.15, 0.2) is 29.6 Å². The minimum atomic E-state index is -0.540. The minimum Gasteiger partial charge on any atom is -0.493 e. The van der Waals surface area contributed by atoms with E-state index >= 15 is 0 Å². The smallest absolute Gasteiger partial charge is 0.349 e. The molecule has 5 heteroatoms. The lowest BCUT2D eigenvalue weighted by molar-refractivity contribution is -0.136. The molecule has 0 heterocycles. The summed E-state index contributed by atoms with van der Waals surface area (Å²) in [6.45, 7) is -0.251. The Morgan fingerprint density at radius 1 is 0.724 bits per heavy atom. The van der Waals surface area contributed by atoms with Crippen LogP contribution < -0.4 is 18.9 Å². The van der Waals surface area contributed by atoms with Crippen molar-refractivity contribution in [2.24, 2.45) is 0 Å². The molecule has 0 atom stereocenters. The fraction of sp³-hybridized carbons (Fsp3) is 0.125. The summed E-state index contributed by atoms with van der Waals surface area (Å²) >= 11 is 0. The average Bonchev–Trinajstić information content (AvgIpc) is 2.77. The van der Waals surface area contributed by atoms with Crippen LogP contribution in [0.3, 0.4) is 0 Å². The van der Waals surface area contributed by atoms with Gasteiger partial charge in [0, 0.05) is 0 Å². The van der Waals surface area contributed by atoms with E-state index < -0.39 is 5.97 Å². The third-order valence-electron chi connectivity index (χ3n) is 4.09. The maximum Gasteiger partial charge on any atom is 0.349 e. The first-order valence-corrected chi connectivity index (χ1v) is 9.07. The van der Waals surface area contributed by atoms with Gasteiger partial charge in [0.1, 0.15) is 0 Å². The van der Waals surface area contributed by atoms with Crippen molar-refractivity contribution in [3.8, 4) is 23.0 Å². The van der Waals surface area contributed by atoms with E-state index in [2.05, 4.69) is 0 Å². The van der Waals surface area contributed by atoms with E-state index in [0.717, 1.165) is 11.1 Å². The van der Waals surface area contributed by atoms with Crippen molar-refractivity contribution in [2.75, 3.05) is 20.8 Å². The molecule has 0 saturated heterocycles. The first kappa shape index (κ1) is 20.0. The molecule has 0 spiro atoms. The Hall–Kier alpha value is -3.73. The molecule has 0 radical (unpaired) electrons. The second-order valence-corrected chi connectivity index (χ2v) is 6.07. The van der Waals surface area contributed by atoms with Gasteiger partial charge < -0.3 is 18.9 Å². The molecule has 0 aromatic heterocycles. The highest BCUT2D eigenvalue weighted by atomic mass is 16.6. The zero-order valence-electron chi connectivity index (χ0n) is 16.3. The van der Waals surface area contributed by atoms with E-state index in [4.69, 9.17) is 18.9 Å². The Morgan fingerprint density at radius 2 is 1.38 bits per heavy atom. The van der Waals surface area contributed by atoms with Crippen LogP contribution in [0.25, 0.3) is 12.2 Å². The highest BCUT2D eigenvalue weighted by Gasteiger charge is 2.12. The molecule has 0 fully saturated rings. The Labute approximate surface area is 170 Å².